The summed E-state index contributed by atoms with van der Waals surface area (Å²) in [4.78, 5) is 10.1. The first-order chi connectivity index (χ1) is 6.99. The van der Waals surface area contributed by atoms with Crippen molar-refractivity contribution in [3.8, 4) is 5.75 Å². The average Bonchev–Trinajstić information content (AvgIpc) is 2.20. The van der Waals surface area contributed by atoms with Gasteiger partial charge in [0.25, 0.3) is 5.69 Å². The van der Waals surface area contributed by atoms with Crippen LogP contribution in [-0.4, -0.2) is 10.0 Å². The lowest BCUT2D eigenvalue weighted by Crippen LogP contribution is -2.11. The third-order valence-corrected chi connectivity index (χ3v) is 2.46. The fourth-order valence-corrected chi connectivity index (χ4v) is 1.46. The van der Waals surface area contributed by atoms with Gasteiger partial charge in [0.05, 0.1) is 15.5 Å². The first kappa shape index (κ1) is 11.7. The lowest BCUT2D eigenvalue weighted by Gasteiger charge is -2.12. The van der Waals surface area contributed by atoms with E-state index in [0.717, 1.165) is 0 Å². The van der Waals surface area contributed by atoms with Crippen LogP contribution in [0.25, 0.3) is 0 Å². The summed E-state index contributed by atoms with van der Waals surface area (Å²) in [6, 6.07) is 1.93. The van der Waals surface area contributed by atoms with E-state index in [9.17, 15) is 15.2 Å². The number of aromatic hydroxyl groups is 1. The molecule has 6 heteroatoms. The molecule has 0 spiro atoms. The van der Waals surface area contributed by atoms with Crippen LogP contribution in [0.4, 0.5) is 5.69 Å². The molecule has 0 bridgehead atoms. The van der Waals surface area contributed by atoms with E-state index in [2.05, 4.69) is 0 Å². The van der Waals surface area contributed by atoms with Crippen LogP contribution in [0.3, 0.4) is 0 Å². The molecular formula is C9H11ClN2O3. The second-order valence-electron chi connectivity index (χ2n) is 3.10. The topological polar surface area (TPSA) is 89.4 Å². The number of phenolic OH excluding ortho intramolecular Hbond substituents is 1. The maximum Gasteiger partial charge on any atom is 0.277 e. The highest BCUT2D eigenvalue weighted by Crippen LogP contribution is 2.38. The Hall–Kier alpha value is -1.33. The number of nitrogens with zero attached hydrogens (tertiary/aromatic N) is 1. The SMILES string of the molecule is CC[C@H](N)c1c([N+](=O)[O-])ccc(Cl)c1O. The molecule has 0 unspecified atom stereocenters. The summed E-state index contributed by atoms with van der Waals surface area (Å²) in [5.41, 5.74) is 5.57. The minimum absolute atomic E-state index is 0.0690. The summed E-state index contributed by atoms with van der Waals surface area (Å²) < 4.78 is 0. The van der Waals surface area contributed by atoms with E-state index in [4.69, 9.17) is 17.3 Å². The molecule has 0 fully saturated rings. The quantitative estimate of drug-likeness (QED) is 0.616. The number of nitrogens with two attached hydrogens (primary N) is 1. The summed E-state index contributed by atoms with van der Waals surface area (Å²) in [5, 5.41) is 20.4. The Morgan fingerprint density at radius 3 is 2.73 bits per heavy atom. The summed E-state index contributed by atoms with van der Waals surface area (Å²) in [5.74, 6) is -0.305. The number of nitro benzene ring substituents is 1. The lowest BCUT2D eigenvalue weighted by atomic mass is 10.0. The molecule has 1 atom stereocenters. The van der Waals surface area contributed by atoms with Gasteiger partial charge < -0.3 is 10.8 Å². The molecule has 0 aliphatic rings. The van der Waals surface area contributed by atoms with Gasteiger partial charge in [-0.15, -0.1) is 0 Å². The molecular weight excluding hydrogens is 220 g/mol. The van der Waals surface area contributed by atoms with Gasteiger partial charge in [-0.3, -0.25) is 10.1 Å². The van der Waals surface area contributed by atoms with Crippen molar-refractivity contribution in [2.24, 2.45) is 5.73 Å². The molecule has 0 aliphatic heterocycles. The van der Waals surface area contributed by atoms with Crippen molar-refractivity contribution in [1.82, 2.24) is 0 Å². The summed E-state index contributed by atoms with van der Waals surface area (Å²) >= 11 is 5.66. The minimum Gasteiger partial charge on any atom is -0.506 e. The third kappa shape index (κ3) is 2.19. The van der Waals surface area contributed by atoms with Crippen molar-refractivity contribution in [3.63, 3.8) is 0 Å². The van der Waals surface area contributed by atoms with Crippen molar-refractivity contribution in [3.05, 3.63) is 32.8 Å². The van der Waals surface area contributed by atoms with Crippen molar-refractivity contribution in [1.29, 1.82) is 0 Å². The van der Waals surface area contributed by atoms with Crippen molar-refractivity contribution >= 4 is 17.3 Å². The average molecular weight is 231 g/mol. The van der Waals surface area contributed by atoms with E-state index in [-0.39, 0.29) is 22.0 Å². The Balaban J connectivity index is 3.41. The normalized spacial score (nSPS) is 12.5. The standard InChI is InChI=1S/C9H11ClN2O3/c1-2-6(11)8-7(12(14)15)4-3-5(10)9(8)13/h3-4,6,13H,2,11H2,1H3/t6-/m0/s1. The Morgan fingerprint density at radius 1 is 1.67 bits per heavy atom. The number of nitro groups is 1. The first-order valence-corrected chi connectivity index (χ1v) is 4.78. The molecule has 1 rings (SSSR count). The van der Waals surface area contributed by atoms with E-state index in [1.807, 2.05) is 0 Å². The molecule has 0 radical (unpaired) electrons. The molecule has 0 amide bonds. The number of benzene rings is 1. The van der Waals surface area contributed by atoms with Crippen LogP contribution in [0.1, 0.15) is 24.9 Å². The van der Waals surface area contributed by atoms with E-state index < -0.39 is 11.0 Å². The minimum atomic E-state index is -0.593. The van der Waals surface area contributed by atoms with Gasteiger partial charge in [0.15, 0.2) is 0 Å². The molecule has 15 heavy (non-hydrogen) atoms. The maximum atomic E-state index is 10.7. The van der Waals surface area contributed by atoms with Crippen LogP contribution in [-0.2, 0) is 0 Å². The molecule has 5 nitrogen and oxygen atoms in total. The predicted octanol–water partition coefficient (Wildman–Crippen LogP) is 2.36. The van der Waals surface area contributed by atoms with Gasteiger partial charge in [0.2, 0.25) is 0 Å². The van der Waals surface area contributed by atoms with Gasteiger partial charge in [-0.05, 0) is 12.5 Å². The zero-order valence-corrected chi connectivity index (χ0v) is 8.86. The lowest BCUT2D eigenvalue weighted by molar-refractivity contribution is -0.385. The van der Waals surface area contributed by atoms with Crippen LogP contribution in [0.2, 0.25) is 5.02 Å². The van der Waals surface area contributed by atoms with Crippen LogP contribution in [0, 0.1) is 10.1 Å². The predicted molar refractivity (Wildman–Crippen MR) is 57.0 cm³/mol. The molecule has 82 valence electrons. The van der Waals surface area contributed by atoms with Gasteiger partial charge in [-0.25, -0.2) is 0 Å². The second-order valence-corrected chi connectivity index (χ2v) is 3.51. The van der Waals surface area contributed by atoms with E-state index >= 15 is 0 Å². The van der Waals surface area contributed by atoms with Gasteiger partial charge in [0, 0.05) is 12.1 Å². The number of hydrogen-bond donors (Lipinski definition) is 2. The summed E-state index contributed by atoms with van der Waals surface area (Å²) in [6.45, 7) is 1.77. The molecule has 1 aromatic carbocycles. The molecule has 0 heterocycles. The number of hydrogen-bond acceptors (Lipinski definition) is 4. The second kappa shape index (κ2) is 4.46. The summed E-state index contributed by atoms with van der Waals surface area (Å²) in [7, 11) is 0. The number of halogens is 1. The summed E-state index contributed by atoms with van der Waals surface area (Å²) in [6.07, 6.45) is 0.481. The highest BCUT2D eigenvalue weighted by molar-refractivity contribution is 6.32. The molecule has 0 saturated carbocycles. The fraction of sp³-hybridized carbons (Fsp3) is 0.333. The van der Waals surface area contributed by atoms with Crippen molar-refractivity contribution in [2.75, 3.05) is 0 Å². The third-order valence-electron chi connectivity index (χ3n) is 2.15. The molecule has 0 aromatic heterocycles. The van der Waals surface area contributed by atoms with Crippen LogP contribution in [0.15, 0.2) is 12.1 Å². The zero-order chi connectivity index (χ0) is 11.6. The first-order valence-electron chi connectivity index (χ1n) is 4.40. The van der Waals surface area contributed by atoms with E-state index in [1.165, 1.54) is 12.1 Å². The smallest absolute Gasteiger partial charge is 0.277 e. The van der Waals surface area contributed by atoms with Gasteiger partial charge in [-0.1, -0.05) is 18.5 Å². The molecule has 3 N–H and O–H groups in total. The largest absolute Gasteiger partial charge is 0.506 e. The van der Waals surface area contributed by atoms with Gasteiger partial charge in [0.1, 0.15) is 5.75 Å². The Morgan fingerprint density at radius 2 is 2.27 bits per heavy atom. The van der Waals surface area contributed by atoms with Gasteiger partial charge >= 0.3 is 0 Å². The molecule has 0 saturated heterocycles. The van der Waals surface area contributed by atoms with Crippen LogP contribution in [0.5, 0.6) is 5.75 Å². The van der Waals surface area contributed by atoms with Crippen molar-refractivity contribution in [2.45, 2.75) is 19.4 Å². The Labute approximate surface area is 91.6 Å². The Kier molecular flexibility index (Phi) is 3.49. The van der Waals surface area contributed by atoms with Crippen molar-refractivity contribution < 1.29 is 10.0 Å². The number of rotatable bonds is 3. The number of phenols is 1. The van der Waals surface area contributed by atoms with Crippen LogP contribution < -0.4 is 5.73 Å². The van der Waals surface area contributed by atoms with Gasteiger partial charge in [-0.2, -0.15) is 0 Å². The highest BCUT2D eigenvalue weighted by atomic mass is 35.5. The maximum absolute atomic E-state index is 10.7. The molecule has 1 aromatic rings. The van der Waals surface area contributed by atoms with E-state index in [0.29, 0.717) is 6.42 Å². The molecule has 0 aliphatic carbocycles. The van der Waals surface area contributed by atoms with E-state index in [1.54, 1.807) is 6.92 Å². The Bertz CT molecular complexity index is 395. The van der Waals surface area contributed by atoms with Crippen LogP contribution >= 0.6 is 11.6 Å². The zero-order valence-electron chi connectivity index (χ0n) is 8.11. The monoisotopic (exact) mass is 230 g/mol. The fourth-order valence-electron chi connectivity index (χ4n) is 1.30. The highest BCUT2D eigenvalue weighted by Gasteiger charge is 2.24.